The maximum atomic E-state index is 13.0. The molecule has 1 aromatic heterocycles. The fraction of sp³-hybridized carbons (Fsp3) is 0.565. The average molecular weight is 467 g/mol. The van der Waals surface area contributed by atoms with Crippen molar-refractivity contribution < 1.29 is 27.5 Å². The van der Waals surface area contributed by atoms with Crippen LogP contribution in [0.25, 0.3) is 10.9 Å². The smallest absolute Gasteiger partial charge is 0.419 e. The van der Waals surface area contributed by atoms with Crippen molar-refractivity contribution in [2.24, 2.45) is 10.8 Å². The molecular weight excluding hydrogens is 432 g/mol. The van der Waals surface area contributed by atoms with Gasteiger partial charge in [-0.1, -0.05) is 47.6 Å². The van der Waals surface area contributed by atoms with Crippen molar-refractivity contribution in [3.8, 4) is 0 Å². The van der Waals surface area contributed by atoms with Crippen LogP contribution in [0.5, 0.6) is 0 Å². The number of esters is 1. The lowest BCUT2D eigenvalue weighted by Gasteiger charge is -2.19. The predicted molar refractivity (Wildman–Crippen MR) is 126 cm³/mol. The molecule has 8 nitrogen and oxygen atoms in total. The summed E-state index contributed by atoms with van der Waals surface area (Å²) in [4.78, 5) is 25.8. The fourth-order valence-corrected chi connectivity index (χ4v) is 3.41. The lowest BCUT2D eigenvalue weighted by molar-refractivity contribution is 0.0450. The molecule has 0 saturated carbocycles. The van der Waals surface area contributed by atoms with Gasteiger partial charge in [0.05, 0.1) is 30.7 Å². The van der Waals surface area contributed by atoms with E-state index in [1.807, 2.05) is 41.5 Å². The molecule has 0 bridgehead atoms. The Morgan fingerprint density at radius 1 is 0.938 bits per heavy atom. The van der Waals surface area contributed by atoms with E-state index in [0.29, 0.717) is 23.7 Å². The fourth-order valence-electron chi connectivity index (χ4n) is 2.86. The zero-order valence-electron chi connectivity index (χ0n) is 19.9. The Kier molecular flexibility index (Phi) is 7.65. The maximum absolute atomic E-state index is 13.0. The molecule has 0 unspecified atom stereocenters. The van der Waals surface area contributed by atoms with Crippen molar-refractivity contribution in [3.63, 3.8) is 0 Å². The van der Waals surface area contributed by atoms with Gasteiger partial charge in [-0.25, -0.2) is 22.6 Å². The molecule has 0 radical (unpaired) electrons. The number of fused-ring (bicyclic) bond motifs is 1. The van der Waals surface area contributed by atoms with Gasteiger partial charge in [0, 0.05) is 5.39 Å². The molecule has 2 rings (SSSR count). The highest BCUT2D eigenvalue weighted by atomic mass is 32.2. The summed E-state index contributed by atoms with van der Waals surface area (Å²) in [5.74, 6) is -0.643. The molecule has 1 aromatic carbocycles. The predicted octanol–water partition coefficient (Wildman–Crippen LogP) is 5.03. The second kappa shape index (κ2) is 9.52. The van der Waals surface area contributed by atoms with Crippen molar-refractivity contribution in [3.05, 3.63) is 30.0 Å². The highest BCUT2D eigenvalue weighted by molar-refractivity contribution is 7.92. The Morgan fingerprint density at radius 3 is 2.03 bits per heavy atom. The summed E-state index contributed by atoms with van der Waals surface area (Å²) in [6.07, 6.45) is 1.62. The number of carbonyl (C=O) groups excluding carboxylic acids is 2. The van der Waals surface area contributed by atoms with Gasteiger partial charge in [0.25, 0.3) is 0 Å². The number of hydrogen-bond acceptors (Lipinski definition) is 6. The van der Waals surface area contributed by atoms with Crippen LogP contribution in [0.2, 0.25) is 0 Å². The molecule has 0 atom stereocenters. The van der Waals surface area contributed by atoms with E-state index in [-0.39, 0.29) is 35.4 Å². The molecule has 0 spiro atoms. The van der Waals surface area contributed by atoms with E-state index in [1.54, 1.807) is 18.2 Å². The minimum Gasteiger partial charge on any atom is -0.461 e. The quantitative estimate of drug-likeness (QED) is 0.574. The molecular formula is C23H34N2O6S. The SMILES string of the molecule is CC(C)(C)CCOC(=O)c1cc2ccc(NS(C)(=O)=O)cc2n1C(=O)OCCC(C)(C)C. The molecule has 0 saturated heterocycles. The first-order chi connectivity index (χ1) is 14.6. The number of anilines is 1. The number of hydrogen-bond donors (Lipinski definition) is 1. The Morgan fingerprint density at radius 2 is 1.50 bits per heavy atom. The lowest BCUT2D eigenvalue weighted by Crippen LogP contribution is -2.22. The number of nitrogens with one attached hydrogen (secondary N) is 1. The summed E-state index contributed by atoms with van der Waals surface area (Å²) in [5, 5.41) is 0.583. The van der Waals surface area contributed by atoms with E-state index >= 15 is 0 Å². The van der Waals surface area contributed by atoms with Crippen LogP contribution >= 0.6 is 0 Å². The number of sulfonamides is 1. The summed E-state index contributed by atoms with van der Waals surface area (Å²) in [7, 11) is -3.51. The number of nitrogens with zero attached hydrogens (tertiary/aromatic N) is 1. The summed E-state index contributed by atoms with van der Waals surface area (Å²) < 4.78 is 37.6. The molecule has 178 valence electrons. The number of ether oxygens (including phenoxy) is 2. The first-order valence-electron chi connectivity index (χ1n) is 10.5. The Labute approximate surface area is 190 Å². The van der Waals surface area contributed by atoms with Gasteiger partial charge in [-0.05, 0) is 41.9 Å². The van der Waals surface area contributed by atoms with Crippen molar-refractivity contribution in [1.29, 1.82) is 0 Å². The van der Waals surface area contributed by atoms with Crippen LogP contribution < -0.4 is 4.72 Å². The van der Waals surface area contributed by atoms with E-state index in [9.17, 15) is 18.0 Å². The summed E-state index contributed by atoms with van der Waals surface area (Å²) in [5.41, 5.74) is 0.619. The first kappa shape index (κ1) is 25.7. The molecule has 1 heterocycles. The van der Waals surface area contributed by atoms with E-state index in [1.165, 1.54) is 6.07 Å². The zero-order valence-corrected chi connectivity index (χ0v) is 20.8. The second-order valence-corrected chi connectivity index (χ2v) is 12.1. The second-order valence-electron chi connectivity index (χ2n) is 10.4. The van der Waals surface area contributed by atoms with E-state index in [0.717, 1.165) is 10.8 Å². The van der Waals surface area contributed by atoms with E-state index in [4.69, 9.17) is 9.47 Å². The maximum Gasteiger partial charge on any atom is 0.419 e. The summed E-state index contributed by atoms with van der Waals surface area (Å²) in [6.45, 7) is 12.6. The summed E-state index contributed by atoms with van der Waals surface area (Å²) in [6, 6.07) is 6.23. The van der Waals surface area contributed by atoms with Crippen molar-refractivity contribution in [2.45, 2.75) is 54.4 Å². The molecule has 0 fully saturated rings. The van der Waals surface area contributed by atoms with Crippen LogP contribution in [-0.4, -0.2) is 44.5 Å². The Balaban J connectivity index is 2.41. The molecule has 0 aliphatic carbocycles. The number of benzene rings is 1. The van der Waals surface area contributed by atoms with Crippen molar-refractivity contribution in [2.75, 3.05) is 24.2 Å². The van der Waals surface area contributed by atoms with Crippen LogP contribution in [0.1, 0.15) is 64.9 Å². The van der Waals surface area contributed by atoms with Gasteiger partial charge in [-0.2, -0.15) is 0 Å². The van der Waals surface area contributed by atoms with Crippen LogP contribution in [0.3, 0.4) is 0 Å². The summed E-state index contributed by atoms with van der Waals surface area (Å²) >= 11 is 0. The monoisotopic (exact) mass is 466 g/mol. The lowest BCUT2D eigenvalue weighted by atomic mass is 9.93. The van der Waals surface area contributed by atoms with Gasteiger partial charge < -0.3 is 9.47 Å². The average Bonchev–Trinajstić information content (AvgIpc) is 2.96. The largest absolute Gasteiger partial charge is 0.461 e. The normalized spacial score (nSPS) is 12.6. The number of carbonyl (C=O) groups is 2. The minimum atomic E-state index is -3.51. The molecule has 0 aliphatic rings. The van der Waals surface area contributed by atoms with Crippen molar-refractivity contribution >= 4 is 38.7 Å². The zero-order chi connectivity index (χ0) is 24.3. The van der Waals surface area contributed by atoms with Crippen LogP contribution in [0, 0.1) is 10.8 Å². The highest BCUT2D eigenvalue weighted by Crippen LogP contribution is 2.26. The third-order valence-electron chi connectivity index (χ3n) is 4.66. The molecule has 2 aromatic rings. The number of aromatic nitrogens is 1. The van der Waals surface area contributed by atoms with Gasteiger partial charge in [0.1, 0.15) is 5.69 Å². The van der Waals surface area contributed by atoms with Gasteiger partial charge in [-0.15, -0.1) is 0 Å². The van der Waals surface area contributed by atoms with E-state index < -0.39 is 22.1 Å². The van der Waals surface area contributed by atoms with E-state index in [2.05, 4.69) is 4.72 Å². The van der Waals surface area contributed by atoms with Crippen LogP contribution in [0.15, 0.2) is 24.3 Å². The van der Waals surface area contributed by atoms with Gasteiger partial charge in [-0.3, -0.25) is 4.72 Å². The molecule has 1 N–H and O–H groups in total. The molecule has 0 amide bonds. The molecule has 0 aliphatic heterocycles. The van der Waals surface area contributed by atoms with Gasteiger partial charge in [0.15, 0.2) is 0 Å². The highest BCUT2D eigenvalue weighted by Gasteiger charge is 2.24. The Bertz CT molecular complexity index is 1090. The minimum absolute atomic E-state index is 0.00884. The molecule has 9 heteroatoms. The topological polar surface area (TPSA) is 104 Å². The standard InChI is InChI=1S/C23H34N2O6S/c1-22(2,3)10-12-30-20(26)19-14-16-8-9-17(24-32(7,28)29)15-18(16)25(19)21(27)31-13-11-23(4,5)6/h8-9,14-15,24H,10-13H2,1-7H3. The Hall–Kier alpha value is -2.55. The van der Waals surface area contributed by atoms with Crippen LogP contribution in [0.4, 0.5) is 10.5 Å². The third-order valence-corrected chi connectivity index (χ3v) is 5.27. The van der Waals surface area contributed by atoms with Gasteiger partial charge >= 0.3 is 12.1 Å². The first-order valence-corrected chi connectivity index (χ1v) is 12.4. The molecule has 32 heavy (non-hydrogen) atoms. The van der Waals surface area contributed by atoms with Crippen LogP contribution in [-0.2, 0) is 19.5 Å². The van der Waals surface area contributed by atoms with Gasteiger partial charge in [0.2, 0.25) is 10.0 Å². The number of rotatable bonds is 7. The van der Waals surface area contributed by atoms with Crippen molar-refractivity contribution in [1.82, 2.24) is 4.57 Å². The third kappa shape index (κ3) is 7.85.